The number of fused-ring (bicyclic) bond motifs is 1. The summed E-state index contributed by atoms with van der Waals surface area (Å²) in [5.41, 5.74) is 1.81. The molecule has 40 heavy (non-hydrogen) atoms. The summed E-state index contributed by atoms with van der Waals surface area (Å²) < 4.78 is 0. The number of hydrogen-bond donors (Lipinski definition) is 3. The normalized spacial score (nSPS) is 24.1. The number of carbonyl (C=O) groups is 5. The van der Waals surface area contributed by atoms with Crippen LogP contribution in [0.15, 0.2) is 60.7 Å². The number of ketones is 1. The zero-order chi connectivity index (χ0) is 28.5. The van der Waals surface area contributed by atoms with Crippen LogP contribution in [0.5, 0.6) is 0 Å². The molecule has 2 aromatic carbocycles. The SMILES string of the molecule is CCC(=O)CC[C@@H]1NC(=O)[C@H](Cc2ccccc2)NC(=O)C[C@H](Cc2ccccc2)NC(=O)[C@@H]2CCCN2C1=O. The number of carbonyl (C=O) groups excluding carboxylic acids is 5. The Labute approximate surface area is 235 Å². The minimum absolute atomic E-state index is 0.0152. The van der Waals surface area contributed by atoms with E-state index in [4.69, 9.17) is 0 Å². The van der Waals surface area contributed by atoms with Crippen LogP contribution in [0, 0.1) is 0 Å². The van der Waals surface area contributed by atoms with Gasteiger partial charge in [0.1, 0.15) is 23.9 Å². The second-order valence-corrected chi connectivity index (χ2v) is 10.6. The zero-order valence-electron chi connectivity index (χ0n) is 22.9. The molecule has 4 amide bonds. The highest BCUT2D eigenvalue weighted by molar-refractivity contribution is 5.95. The summed E-state index contributed by atoms with van der Waals surface area (Å²) in [6.45, 7) is 2.14. The Morgan fingerprint density at radius 1 is 0.825 bits per heavy atom. The maximum atomic E-state index is 13.8. The molecule has 0 unspecified atom stereocenters. The minimum atomic E-state index is -0.979. The first-order valence-electron chi connectivity index (χ1n) is 14.1. The molecule has 2 aromatic rings. The van der Waals surface area contributed by atoms with Crippen molar-refractivity contribution in [3.63, 3.8) is 0 Å². The molecule has 0 spiro atoms. The van der Waals surface area contributed by atoms with Crippen LogP contribution in [0.3, 0.4) is 0 Å². The maximum Gasteiger partial charge on any atom is 0.245 e. The monoisotopic (exact) mass is 546 g/mol. The molecule has 0 saturated carbocycles. The summed E-state index contributed by atoms with van der Waals surface area (Å²) in [5, 5.41) is 8.70. The number of Topliss-reactive ketones (excluding diaryl/α,β-unsaturated/α-hetero) is 1. The fourth-order valence-electron chi connectivity index (χ4n) is 5.42. The third-order valence-corrected chi connectivity index (χ3v) is 7.60. The van der Waals surface area contributed by atoms with Crippen LogP contribution in [0.2, 0.25) is 0 Å². The second-order valence-electron chi connectivity index (χ2n) is 10.6. The van der Waals surface area contributed by atoms with Gasteiger partial charge >= 0.3 is 0 Å². The molecule has 9 heteroatoms. The lowest BCUT2D eigenvalue weighted by atomic mass is 10.0. The van der Waals surface area contributed by atoms with E-state index in [-0.39, 0.29) is 49.2 Å². The Hall–Kier alpha value is -4.01. The number of nitrogens with zero attached hydrogens (tertiary/aromatic N) is 1. The quantitative estimate of drug-likeness (QED) is 0.468. The van der Waals surface area contributed by atoms with Gasteiger partial charge < -0.3 is 20.9 Å². The lowest BCUT2D eigenvalue weighted by molar-refractivity contribution is -0.142. The van der Waals surface area contributed by atoms with Crippen LogP contribution in [0.1, 0.15) is 56.6 Å². The lowest BCUT2D eigenvalue weighted by Crippen LogP contribution is -2.56. The van der Waals surface area contributed by atoms with Crippen LogP contribution >= 0.6 is 0 Å². The molecule has 2 saturated heterocycles. The van der Waals surface area contributed by atoms with Crippen LogP contribution < -0.4 is 16.0 Å². The number of hydrogen-bond acceptors (Lipinski definition) is 5. The average Bonchev–Trinajstić information content (AvgIpc) is 3.45. The van der Waals surface area contributed by atoms with E-state index in [1.165, 1.54) is 4.90 Å². The van der Waals surface area contributed by atoms with Crippen molar-refractivity contribution in [1.82, 2.24) is 20.9 Å². The smallest absolute Gasteiger partial charge is 0.245 e. The summed E-state index contributed by atoms with van der Waals surface area (Å²) in [6.07, 6.45) is 2.38. The molecule has 2 heterocycles. The van der Waals surface area contributed by atoms with Crippen LogP contribution in [0.25, 0.3) is 0 Å². The highest BCUT2D eigenvalue weighted by Crippen LogP contribution is 2.21. The molecule has 0 bridgehead atoms. The molecule has 2 aliphatic rings. The summed E-state index contributed by atoms with van der Waals surface area (Å²) in [7, 11) is 0. The molecule has 3 N–H and O–H groups in total. The van der Waals surface area contributed by atoms with E-state index >= 15 is 0 Å². The first-order valence-corrected chi connectivity index (χ1v) is 14.1. The van der Waals surface area contributed by atoms with Crippen molar-refractivity contribution in [2.75, 3.05) is 6.54 Å². The van der Waals surface area contributed by atoms with Gasteiger partial charge in [-0.2, -0.15) is 0 Å². The van der Waals surface area contributed by atoms with Gasteiger partial charge in [0.2, 0.25) is 23.6 Å². The average molecular weight is 547 g/mol. The van der Waals surface area contributed by atoms with Crippen molar-refractivity contribution in [3.05, 3.63) is 71.8 Å². The number of rotatable bonds is 8. The highest BCUT2D eigenvalue weighted by Gasteiger charge is 2.39. The van der Waals surface area contributed by atoms with E-state index in [0.29, 0.717) is 32.2 Å². The number of benzene rings is 2. The fraction of sp³-hybridized carbons (Fsp3) is 0.452. The summed E-state index contributed by atoms with van der Waals surface area (Å²) in [4.78, 5) is 67.8. The van der Waals surface area contributed by atoms with Crippen molar-refractivity contribution < 1.29 is 24.0 Å². The van der Waals surface area contributed by atoms with Gasteiger partial charge in [-0.1, -0.05) is 67.6 Å². The zero-order valence-corrected chi connectivity index (χ0v) is 22.9. The molecule has 9 nitrogen and oxygen atoms in total. The molecule has 0 radical (unpaired) electrons. The van der Waals surface area contributed by atoms with Gasteiger partial charge in [0.25, 0.3) is 0 Å². The Kier molecular flexibility index (Phi) is 10.0. The van der Waals surface area contributed by atoms with Crippen molar-refractivity contribution >= 4 is 29.4 Å². The van der Waals surface area contributed by atoms with Gasteiger partial charge in [-0.3, -0.25) is 24.0 Å². The van der Waals surface area contributed by atoms with E-state index in [9.17, 15) is 24.0 Å². The van der Waals surface area contributed by atoms with Crippen molar-refractivity contribution in [3.8, 4) is 0 Å². The minimum Gasteiger partial charge on any atom is -0.351 e. The largest absolute Gasteiger partial charge is 0.351 e. The maximum absolute atomic E-state index is 13.8. The van der Waals surface area contributed by atoms with Gasteiger partial charge in [0.05, 0.1) is 0 Å². The van der Waals surface area contributed by atoms with Gasteiger partial charge in [-0.25, -0.2) is 0 Å². The van der Waals surface area contributed by atoms with Gasteiger partial charge in [-0.05, 0) is 36.8 Å². The molecule has 4 rings (SSSR count). The molecule has 212 valence electrons. The van der Waals surface area contributed by atoms with E-state index in [2.05, 4.69) is 16.0 Å². The summed E-state index contributed by atoms with van der Waals surface area (Å²) in [5.74, 6) is -1.57. The Morgan fingerprint density at radius 3 is 2.12 bits per heavy atom. The standard InChI is InChI=1S/C31H38N4O5/c1-2-24(36)15-16-25-31(40)35-17-9-14-27(35)30(39)32-23(18-21-10-5-3-6-11-21)20-28(37)33-26(29(38)34-25)19-22-12-7-4-8-13-22/h3-8,10-13,23,25-27H,2,9,14-20H2,1H3,(H,32,39)(H,33,37)(H,34,38)/t23-,25-,26-,27-/m0/s1. The summed E-state index contributed by atoms with van der Waals surface area (Å²) in [6, 6.07) is 15.8. The van der Waals surface area contributed by atoms with Gasteiger partial charge in [-0.15, -0.1) is 0 Å². The molecule has 0 aromatic heterocycles. The number of amides is 4. The van der Waals surface area contributed by atoms with Crippen LogP contribution in [0.4, 0.5) is 0 Å². The van der Waals surface area contributed by atoms with E-state index < -0.39 is 30.1 Å². The number of nitrogens with one attached hydrogen (secondary N) is 3. The van der Waals surface area contributed by atoms with Gasteiger partial charge in [0, 0.05) is 38.3 Å². The fourth-order valence-corrected chi connectivity index (χ4v) is 5.42. The molecule has 2 fully saturated rings. The van der Waals surface area contributed by atoms with E-state index in [1.54, 1.807) is 6.92 Å². The Morgan fingerprint density at radius 2 is 1.48 bits per heavy atom. The molecule has 2 aliphatic heterocycles. The molecule has 0 aliphatic carbocycles. The lowest BCUT2D eigenvalue weighted by Gasteiger charge is -2.30. The predicted molar refractivity (Wildman–Crippen MR) is 150 cm³/mol. The van der Waals surface area contributed by atoms with E-state index in [1.807, 2.05) is 60.7 Å². The molecule has 4 atom stereocenters. The molecular weight excluding hydrogens is 508 g/mol. The van der Waals surface area contributed by atoms with Crippen molar-refractivity contribution in [2.45, 2.75) is 82.5 Å². The first kappa shape index (κ1) is 29.0. The van der Waals surface area contributed by atoms with Crippen LogP contribution in [-0.2, 0) is 36.8 Å². The Balaban J connectivity index is 1.65. The second kappa shape index (κ2) is 13.9. The van der Waals surface area contributed by atoms with Crippen LogP contribution in [-0.4, -0.2) is 65.0 Å². The third kappa shape index (κ3) is 7.77. The van der Waals surface area contributed by atoms with Crippen molar-refractivity contribution in [2.24, 2.45) is 0 Å². The van der Waals surface area contributed by atoms with Gasteiger partial charge in [0.15, 0.2) is 0 Å². The summed E-state index contributed by atoms with van der Waals surface area (Å²) >= 11 is 0. The highest BCUT2D eigenvalue weighted by atomic mass is 16.2. The first-order chi connectivity index (χ1) is 19.3. The van der Waals surface area contributed by atoms with Crippen molar-refractivity contribution in [1.29, 1.82) is 0 Å². The topological polar surface area (TPSA) is 125 Å². The molecular formula is C31H38N4O5. The third-order valence-electron chi connectivity index (χ3n) is 7.60. The van der Waals surface area contributed by atoms with E-state index in [0.717, 1.165) is 11.1 Å². The Bertz CT molecular complexity index is 1200. The predicted octanol–water partition coefficient (Wildman–Crippen LogP) is 2.08.